The number of aromatic nitrogens is 3. The first-order valence-corrected chi connectivity index (χ1v) is 7.30. The van der Waals surface area contributed by atoms with Crippen molar-refractivity contribution in [3.8, 4) is 11.4 Å². The Bertz CT molecular complexity index is 765. The number of hydrogen-bond donors (Lipinski definition) is 0. The van der Waals surface area contributed by atoms with Gasteiger partial charge >= 0.3 is 0 Å². The topological polar surface area (TPSA) is 39.9 Å². The van der Waals surface area contributed by atoms with E-state index in [0.29, 0.717) is 12.3 Å². The van der Waals surface area contributed by atoms with E-state index in [1.807, 2.05) is 43.5 Å². The minimum Gasteiger partial charge on any atom is -0.497 e. The minimum atomic E-state index is 0.526. The predicted octanol–water partition coefficient (Wildman–Crippen LogP) is 3.52. The Labute approximate surface area is 128 Å². The van der Waals surface area contributed by atoms with E-state index >= 15 is 0 Å². The van der Waals surface area contributed by atoms with Crippen LogP contribution in [0.15, 0.2) is 36.5 Å². The molecule has 0 aliphatic rings. The Kier molecular flexibility index (Phi) is 3.80. The van der Waals surface area contributed by atoms with Crippen molar-refractivity contribution < 1.29 is 4.74 Å². The van der Waals surface area contributed by atoms with Crippen LogP contribution in [0.3, 0.4) is 0 Å². The van der Waals surface area contributed by atoms with Crippen molar-refractivity contribution in [3.05, 3.63) is 47.9 Å². The van der Waals surface area contributed by atoms with Gasteiger partial charge in [0.25, 0.3) is 0 Å². The van der Waals surface area contributed by atoms with E-state index in [4.69, 9.17) is 16.3 Å². The quantitative estimate of drug-likeness (QED) is 0.692. The van der Waals surface area contributed by atoms with Crippen molar-refractivity contribution in [2.45, 2.75) is 13.3 Å². The minimum absolute atomic E-state index is 0.526. The number of alkyl halides is 1. The van der Waals surface area contributed by atoms with E-state index in [2.05, 4.69) is 14.5 Å². The zero-order valence-electron chi connectivity index (χ0n) is 12.0. The molecule has 3 aromatic rings. The second kappa shape index (κ2) is 5.74. The lowest BCUT2D eigenvalue weighted by Crippen LogP contribution is -2.03. The maximum absolute atomic E-state index is 5.91. The highest BCUT2D eigenvalue weighted by molar-refractivity contribution is 6.17. The normalized spacial score (nSPS) is 11.0. The molecule has 3 rings (SSSR count). The maximum atomic E-state index is 5.91. The van der Waals surface area contributed by atoms with Crippen molar-refractivity contribution in [2.24, 2.45) is 0 Å². The number of pyridine rings is 1. The van der Waals surface area contributed by atoms with Gasteiger partial charge in [0.15, 0.2) is 5.65 Å². The summed E-state index contributed by atoms with van der Waals surface area (Å²) in [4.78, 5) is 9.20. The van der Waals surface area contributed by atoms with E-state index in [-0.39, 0.29) is 0 Å². The first-order valence-electron chi connectivity index (χ1n) is 6.77. The fourth-order valence-corrected chi connectivity index (χ4v) is 2.54. The fraction of sp³-hybridized carbons (Fsp3) is 0.250. The zero-order valence-corrected chi connectivity index (χ0v) is 12.8. The van der Waals surface area contributed by atoms with E-state index in [1.54, 1.807) is 7.11 Å². The van der Waals surface area contributed by atoms with Crippen molar-refractivity contribution in [2.75, 3.05) is 13.0 Å². The summed E-state index contributed by atoms with van der Waals surface area (Å²) in [5, 5.41) is 0. The molecule has 0 aliphatic carbocycles. The average molecular weight is 302 g/mol. The summed E-state index contributed by atoms with van der Waals surface area (Å²) in [6.45, 7) is 2.01. The van der Waals surface area contributed by atoms with E-state index in [1.165, 1.54) is 0 Å². The Morgan fingerprint density at radius 3 is 2.67 bits per heavy atom. The first kappa shape index (κ1) is 13.9. The highest BCUT2D eigenvalue weighted by Gasteiger charge is 2.13. The van der Waals surface area contributed by atoms with Gasteiger partial charge in [-0.25, -0.2) is 9.97 Å². The number of nitrogens with zero attached hydrogens (tertiary/aromatic N) is 3. The third-order valence-electron chi connectivity index (χ3n) is 3.35. The number of ether oxygens (including phenoxy) is 1. The molecule has 21 heavy (non-hydrogen) atoms. The molecule has 0 fully saturated rings. The smallest absolute Gasteiger partial charge is 0.164 e. The molecule has 4 nitrogen and oxygen atoms in total. The molecule has 0 amide bonds. The van der Waals surface area contributed by atoms with Crippen LogP contribution in [0, 0.1) is 6.92 Å². The summed E-state index contributed by atoms with van der Waals surface area (Å²) >= 11 is 5.91. The molecule has 0 radical (unpaired) electrons. The number of halogens is 1. The van der Waals surface area contributed by atoms with Crippen LogP contribution in [0.4, 0.5) is 0 Å². The van der Waals surface area contributed by atoms with Gasteiger partial charge in [-0.3, -0.25) is 4.57 Å². The van der Waals surface area contributed by atoms with Gasteiger partial charge in [-0.2, -0.15) is 0 Å². The SMILES string of the molecule is COc1ccc(-n2c(CCCl)nc3cc(C)cnc32)cc1. The molecule has 0 spiro atoms. The van der Waals surface area contributed by atoms with E-state index in [9.17, 15) is 0 Å². The van der Waals surface area contributed by atoms with Crippen molar-refractivity contribution in [3.63, 3.8) is 0 Å². The van der Waals surface area contributed by atoms with Gasteiger partial charge in [0.05, 0.1) is 7.11 Å². The van der Waals surface area contributed by atoms with Crippen LogP contribution in [0.1, 0.15) is 11.4 Å². The number of methoxy groups -OCH3 is 1. The number of imidazole rings is 1. The Balaban J connectivity index is 2.20. The van der Waals surface area contributed by atoms with Crippen LogP contribution >= 0.6 is 11.6 Å². The summed E-state index contributed by atoms with van der Waals surface area (Å²) in [6, 6.07) is 9.90. The number of aryl methyl sites for hydroxylation is 2. The molecule has 5 heteroatoms. The van der Waals surface area contributed by atoms with Crippen LogP contribution in [0.25, 0.3) is 16.9 Å². The lowest BCUT2D eigenvalue weighted by molar-refractivity contribution is 0.414. The fourth-order valence-electron chi connectivity index (χ4n) is 2.37. The highest BCUT2D eigenvalue weighted by Crippen LogP contribution is 2.23. The lowest BCUT2D eigenvalue weighted by atomic mass is 10.3. The second-order valence-electron chi connectivity index (χ2n) is 4.86. The number of fused-ring (bicyclic) bond motifs is 1. The van der Waals surface area contributed by atoms with Crippen LogP contribution in [0.5, 0.6) is 5.75 Å². The van der Waals surface area contributed by atoms with Crippen LogP contribution < -0.4 is 4.74 Å². The van der Waals surface area contributed by atoms with E-state index in [0.717, 1.165) is 34.0 Å². The molecule has 0 saturated heterocycles. The van der Waals surface area contributed by atoms with Crippen molar-refractivity contribution >= 4 is 22.8 Å². The number of benzene rings is 1. The van der Waals surface area contributed by atoms with Gasteiger partial charge in [-0.05, 0) is 42.8 Å². The summed E-state index contributed by atoms with van der Waals surface area (Å²) in [5.41, 5.74) is 3.85. The average Bonchev–Trinajstić information content (AvgIpc) is 2.85. The van der Waals surface area contributed by atoms with Gasteiger partial charge in [-0.1, -0.05) is 0 Å². The van der Waals surface area contributed by atoms with Gasteiger partial charge in [0.1, 0.15) is 17.1 Å². The van der Waals surface area contributed by atoms with Crippen LogP contribution in [-0.2, 0) is 6.42 Å². The molecule has 0 aliphatic heterocycles. The van der Waals surface area contributed by atoms with Crippen LogP contribution in [-0.4, -0.2) is 27.5 Å². The zero-order chi connectivity index (χ0) is 14.8. The summed E-state index contributed by atoms with van der Waals surface area (Å²) in [5.74, 6) is 2.27. The molecule has 0 saturated carbocycles. The van der Waals surface area contributed by atoms with Gasteiger partial charge in [-0.15, -0.1) is 11.6 Å². The molecule has 0 unspecified atom stereocenters. The predicted molar refractivity (Wildman–Crippen MR) is 84.6 cm³/mol. The van der Waals surface area contributed by atoms with Gasteiger partial charge in [0, 0.05) is 24.2 Å². The molecule has 2 aromatic heterocycles. The summed E-state index contributed by atoms with van der Waals surface area (Å²) in [6.07, 6.45) is 2.55. The summed E-state index contributed by atoms with van der Waals surface area (Å²) in [7, 11) is 1.66. The Morgan fingerprint density at radius 1 is 1.24 bits per heavy atom. The van der Waals surface area contributed by atoms with Gasteiger partial charge < -0.3 is 4.74 Å². The summed E-state index contributed by atoms with van der Waals surface area (Å²) < 4.78 is 7.26. The monoisotopic (exact) mass is 301 g/mol. The van der Waals surface area contributed by atoms with Gasteiger partial charge in [0.2, 0.25) is 0 Å². The van der Waals surface area contributed by atoms with Crippen LogP contribution in [0.2, 0.25) is 0 Å². The molecule has 0 N–H and O–H groups in total. The molecule has 0 atom stereocenters. The lowest BCUT2D eigenvalue weighted by Gasteiger charge is -2.09. The molecule has 0 bridgehead atoms. The largest absolute Gasteiger partial charge is 0.497 e. The number of rotatable bonds is 4. The molecule has 1 aromatic carbocycles. The Morgan fingerprint density at radius 2 is 2.00 bits per heavy atom. The number of hydrogen-bond acceptors (Lipinski definition) is 3. The molecular formula is C16H16ClN3O. The van der Waals surface area contributed by atoms with Crippen molar-refractivity contribution in [1.82, 2.24) is 14.5 Å². The first-order chi connectivity index (χ1) is 10.2. The standard InChI is InChI=1S/C16H16ClN3O/c1-11-9-14-16(18-10-11)20(15(19-14)7-8-17)12-3-5-13(21-2)6-4-12/h3-6,9-10H,7-8H2,1-2H3. The molecule has 2 heterocycles. The Hall–Kier alpha value is -2.07. The third kappa shape index (κ3) is 2.59. The molecule has 108 valence electrons. The highest BCUT2D eigenvalue weighted by atomic mass is 35.5. The third-order valence-corrected chi connectivity index (χ3v) is 3.54. The molecular weight excluding hydrogens is 286 g/mol. The second-order valence-corrected chi connectivity index (χ2v) is 5.23. The maximum Gasteiger partial charge on any atom is 0.164 e. The van der Waals surface area contributed by atoms with E-state index < -0.39 is 0 Å². The van der Waals surface area contributed by atoms with Crippen molar-refractivity contribution in [1.29, 1.82) is 0 Å².